The first-order chi connectivity index (χ1) is 11.2. The summed E-state index contributed by atoms with van der Waals surface area (Å²) in [5.74, 6) is 2.01. The van der Waals surface area contributed by atoms with Gasteiger partial charge in [0.1, 0.15) is 11.6 Å². The zero-order valence-electron chi connectivity index (χ0n) is 14.6. The topological polar surface area (TPSA) is 41.5 Å². The van der Waals surface area contributed by atoms with Crippen LogP contribution < -0.4 is 4.90 Å². The number of hydrogen-bond acceptors (Lipinski definition) is 5. The first-order valence-corrected chi connectivity index (χ1v) is 9.18. The van der Waals surface area contributed by atoms with E-state index in [1.165, 1.54) is 32.4 Å². The molecule has 0 aliphatic carbocycles. The molecule has 1 atom stereocenters. The predicted octanol–water partition coefficient (Wildman–Crippen LogP) is 2.43. The smallest absolute Gasteiger partial charge is 0.132 e. The molecular weight excluding hydrogens is 288 g/mol. The van der Waals surface area contributed by atoms with Crippen LogP contribution in [0.15, 0.2) is 6.07 Å². The minimum absolute atomic E-state index is 0.347. The third kappa shape index (κ3) is 4.64. The second kappa shape index (κ2) is 8.06. The van der Waals surface area contributed by atoms with Crippen LogP contribution in [-0.2, 0) is 11.2 Å². The molecule has 1 unspecified atom stereocenters. The zero-order chi connectivity index (χ0) is 16.1. The van der Waals surface area contributed by atoms with Gasteiger partial charge < -0.3 is 14.5 Å². The SMILES string of the molecule is CCc1nc(C)cc(N2CCC(OCCN3CCCCC3)C2)n1. The Kier molecular flexibility index (Phi) is 5.84. The Labute approximate surface area is 140 Å². The van der Waals surface area contributed by atoms with Crippen molar-refractivity contribution in [3.05, 3.63) is 17.6 Å². The maximum Gasteiger partial charge on any atom is 0.132 e. The third-order valence-corrected chi connectivity index (χ3v) is 4.88. The lowest BCUT2D eigenvalue weighted by molar-refractivity contribution is 0.0467. The van der Waals surface area contributed by atoms with Crippen LogP contribution >= 0.6 is 0 Å². The molecule has 0 saturated carbocycles. The largest absolute Gasteiger partial charge is 0.375 e. The van der Waals surface area contributed by atoms with Crippen molar-refractivity contribution < 1.29 is 4.74 Å². The second-order valence-electron chi connectivity index (χ2n) is 6.77. The fraction of sp³-hybridized carbons (Fsp3) is 0.778. The summed E-state index contributed by atoms with van der Waals surface area (Å²) in [6.45, 7) is 10.6. The van der Waals surface area contributed by atoms with Crippen molar-refractivity contribution in [2.24, 2.45) is 0 Å². The van der Waals surface area contributed by atoms with Gasteiger partial charge in [0.2, 0.25) is 0 Å². The molecule has 128 valence electrons. The van der Waals surface area contributed by atoms with Crippen LogP contribution in [0.5, 0.6) is 0 Å². The van der Waals surface area contributed by atoms with Crippen molar-refractivity contribution in [2.45, 2.75) is 52.1 Å². The molecular formula is C18H30N4O. The van der Waals surface area contributed by atoms with Crippen LogP contribution in [0.1, 0.15) is 44.1 Å². The number of anilines is 1. The molecule has 3 heterocycles. The number of nitrogens with zero attached hydrogens (tertiary/aromatic N) is 4. The van der Waals surface area contributed by atoms with Crippen LogP contribution in [0.2, 0.25) is 0 Å². The number of ether oxygens (including phenoxy) is 1. The van der Waals surface area contributed by atoms with Crippen molar-refractivity contribution in [2.75, 3.05) is 44.2 Å². The van der Waals surface area contributed by atoms with Gasteiger partial charge in [-0.3, -0.25) is 0 Å². The second-order valence-corrected chi connectivity index (χ2v) is 6.77. The first kappa shape index (κ1) is 16.7. The first-order valence-electron chi connectivity index (χ1n) is 9.18. The van der Waals surface area contributed by atoms with Crippen molar-refractivity contribution in [3.63, 3.8) is 0 Å². The highest BCUT2D eigenvalue weighted by molar-refractivity contribution is 5.41. The van der Waals surface area contributed by atoms with E-state index in [9.17, 15) is 0 Å². The highest BCUT2D eigenvalue weighted by Gasteiger charge is 2.24. The molecule has 23 heavy (non-hydrogen) atoms. The van der Waals surface area contributed by atoms with Gasteiger partial charge in [0.25, 0.3) is 0 Å². The zero-order valence-corrected chi connectivity index (χ0v) is 14.6. The minimum atomic E-state index is 0.347. The maximum absolute atomic E-state index is 6.12. The number of hydrogen-bond donors (Lipinski definition) is 0. The molecule has 5 heteroatoms. The molecule has 2 saturated heterocycles. The summed E-state index contributed by atoms with van der Waals surface area (Å²) in [6, 6.07) is 2.09. The molecule has 2 aliphatic heterocycles. The lowest BCUT2D eigenvalue weighted by Gasteiger charge is -2.26. The number of piperidine rings is 1. The third-order valence-electron chi connectivity index (χ3n) is 4.88. The Morgan fingerprint density at radius 3 is 2.78 bits per heavy atom. The summed E-state index contributed by atoms with van der Waals surface area (Å²) >= 11 is 0. The fourth-order valence-corrected chi connectivity index (χ4v) is 3.54. The van der Waals surface area contributed by atoms with Crippen molar-refractivity contribution in [3.8, 4) is 0 Å². The van der Waals surface area contributed by atoms with Gasteiger partial charge in [-0.2, -0.15) is 0 Å². The van der Waals surface area contributed by atoms with Crippen LogP contribution in [0.4, 0.5) is 5.82 Å². The molecule has 2 aliphatic rings. The van der Waals surface area contributed by atoms with E-state index in [-0.39, 0.29) is 0 Å². The van der Waals surface area contributed by atoms with E-state index in [0.717, 1.165) is 56.4 Å². The molecule has 1 aromatic rings. The standard InChI is InChI=1S/C18H30N4O/c1-3-17-19-15(2)13-18(20-17)22-10-7-16(14-22)23-12-11-21-8-5-4-6-9-21/h13,16H,3-12,14H2,1-2H3. The summed E-state index contributed by atoms with van der Waals surface area (Å²) in [7, 11) is 0. The van der Waals surface area contributed by atoms with E-state index in [2.05, 4.69) is 32.8 Å². The Morgan fingerprint density at radius 1 is 1.17 bits per heavy atom. The lowest BCUT2D eigenvalue weighted by atomic mass is 10.1. The van der Waals surface area contributed by atoms with Crippen LogP contribution in [0.25, 0.3) is 0 Å². The monoisotopic (exact) mass is 318 g/mol. The van der Waals surface area contributed by atoms with Crippen molar-refractivity contribution in [1.29, 1.82) is 0 Å². The summed E-state index contributed by atoms with van der Waals surface area (Å²) in [6.07, 6.45) is 6.43. The molecule has 3 rings (SSSR count). The average molecular weight is 318 g/mol. The van der Waals surface area contributed by atoms with Crippen molar-refractivity contribution >= 4 is 5.82 Å². The Bertz CT molecular complexity index is 502. The number of rotatable bonds is 6. The van der Waals surface area contributed by atoms with Crippen LogP contribution in [0.3, 0.4) is 0 Å². The van der Waals surface area contributed by atoms with Gasteiger partial charge >= 0.3 is 0 Å². The van der Waals surface area contributed by atoms with Gasteiger partial charge in [0.15, 0.2) is 0 Å². The minimum Gasteiger partial charge on any atom is -0.375 e. The highest BCUT2D eigenvalue weighted by Crippen LogP contribution is 2.21. The number of aromatic nitrogens is 2. The van der Waals surface area contributed by atoms with E-state index in [1.54, 1.807) is 0 Å². The molecule has 0 aromatic carbocycles. The fourth-order valence-electron chi connectivity index (χ4n) is 3.54. The Morgan fingerprint density at radius 2 is 2.00 bits per heavy atom. The molecule has 5 nitrogen and oxygen atoms in total. The maximum atomic E-state index is 6.12. The molecule has 2 fully saturated rings. The summed E-state index contributed by atoms with van der Waals surface area (Å²) in [5, 5.41) is 0. The molecule has 0 bridgehead atoms. The van der Waals surface area contributed by atoms with Crippen LogP contribution in [0, 0.1) is 6.92 Å². The average Bonchev–Trinajstić information content (AvgIpc) is 3.04. The van der Waals surface area contributed by atoms with Gasteiger partial charge in [0.05, 0.1) is 12.7 Å². The molecule has 0 amide bonds. The van der Waals surface area contributed by atoms with Crippen LogP contribution in [-0.4, -0.2) is 60.3 Å². The van der Waals surface area contributed by atoms with Gasteiger partial charge in [-0.15, -0.1) is 0 Å². The lowest BCUT2D eigenvalue weighted by Crippen LogP contribution is -2.34. The molecule has 0 N–H and O–H groups in total. The van der Waals surface area contributed by atoms with E-state index in [4.69, 9.17) is 4.74 Å². The normalized spacial score (nSPS) is 22.7. The molecule has 1 aromatic heterocycles. The van der Waals surface area contributed by atoms with Crippen molar-refractivity contribution in [1.82, 2.24) is 14.9 Å². The highest BCUT2D eigenvalue weighted by atomic mass is 16.5. The van der Waals surface area contributed by atoms with Gasteiger partial charge in [-0.25, -0.2) is 9.97 Å². The quantitative estimate of drug-likeness (QED) is 0.806. The van der Waals surface area contributed by atoms with Gasteiger partial charge in [-0.05, 0) is 39.3 Å². The number of likely N-dealkylation sites (tertiary alicyclic amines) is 1. The molecule has 0 radical (unpaired) electrons. The summed E-state index contributed by atoms with van der Waals surface area (Å²) in [5.41, 5.74) is 1.06. The van der Waals surface area contributed by atoms with Gasteiger partial charge in [0, 0.05) is 37.8 Å². The van der Waals surface area contributed by atoms with E-state index < -0.39 is 0 Å². The number of aryl methyl sites for hydroxylation is 2. The molecule has 0 spiro atoms. The predicted molar refractivity (Wildman–Crippen MR) is 93.0 cm³/mol. The van der Waals surface area contributed by atoms with E-state index in [1.807, 2.05) is 6.92 Å². The Hall–Kier alpha value is -1.20. The summed E-state index contributed by atoms with van der Waals surface area (Å²) in [4.78, 5) is 14.0. The Balaban J connectivity index is 1.45. The van der Waals surface area contributed by atoms with E-state index >= 15 is 0 Å². The van der Waals surface area contributed by atoms with E-state index in [0.29, 0.717) is 6.10 Å². The van der Waals surface area contributed by atoms with Gasteiger partial charge in [-0.1, -0.05) is 13.3 Å². The summed E-state index contributed by atoms with van der Waals surface area (Å²) < 4.78 is 6.12.